The van der Waals surface area contributed by atoms with Gasteiger partial charge in [0.15, 0.2) is 36.1 Å². The molecule has 11 unspecified atom stereocenters. The lowest BCUT2D eigenvalue weighted by Gasteiger charge is -2.22. The van der Waals surface area contributed by atoms with Crippen LogP contribution in [-0.4, -0.2) is 95.8 Å². The summed E-state index contributed by atoms with van der Waals surface area (Å²) >= 11 is 0. The largest absolute Gasteiger partial charge is 0.479 e. The van der Waals surface area contributed by atoms with E-state index >= 15 is 0 Å². The Balaban J connectivity index is 1.08. The Labute approximate surface area is 265 Å². The number of amides is 1. The van der Waals surface area contributed by atoms with E-state index in [1.165, 1.54) is 40.1 Å². The number of fused-ring (bicyclic) bond motifs is 2. The maximum Gasteiger partial charge on any atom is 0.479 e. The zero-order chi connectivity index (χ0) is 33.9. The second-order valence-electron chi connectivity index (χ2n) is 11.1. The molecule has 3 aromatic heterocycles. The number of primary amides is 1. The van der Waals surface area contributed by atoms with Gasteiger partial charge in [0.25, 0.3) is 5.91 Å². The standard InChI is InChI=1S/C23H30N7O14P3/c1-45(34,44-46(35,36)40-7-12-5-13(17(32)16(12)31)29-4-2-3-11(6-29)21(25)33)39-8-14-18-19(43-47(37,38)42-18)23(41-14)30-10-28-15-20(24)26-9-27-22(15)30/h2-4,6,9-10,12-14,16-19,23,31-32H,5,7-8H2,1H3,(H5-,24,25,26,27,33,35,36,37,38)/p+1. The maximum atomic E-state index is 13.1. The fourth-order valence-electron chi connectivity index (χ4n) is 5.73. The van der Waals surface area contributed by atoms with E-state index in [9.17, 15) is 38.5 Å². The van der Waals surface area contributed by atoms with Crippen LogP contribution in [0, 0.1) is 5.92 Å². The van der Waals surface area contributed by atoms with Crippen LogP contribution in [0.5, 0.6) is 0 Å². The van der Waals surface area contributed by atoms with Crippen molar-refractivity contribution in [1.82, 2.24) is 19.5 Å². The first-order valence-corrected chi connectivity index (χ1v) is 18.9. The minimum atomic E-state index is -5.08. The molecule has 0 spiro atoms. The lowest BCUT2D eigenvalue weighted by Crippen LogP contribution is -2.45. The van der Waals surface area contributed by atoms with E-state index in [-0.39, 0.29) is 29.0 Å². The number of aliphatic hydroxyl groups is 2. The van der Waals surface area contributed by atoms with E-state index in [0.717, 1.165) is 6.66 Å². The van der Waals surface area contributed by atoms with Gasteiger partial charge in [0.2, 0.25) is 0 Å². The number of carbonyl (C=O) groups excluding carboxylic acids is 1. The van der Waals surface area contributed by atoms with Crippen LogP contribution < -0.4 is 16.0 Å². The number of anilines is 1. The third-order valence-electron chi connectivity index (χ3n) is 7.89. The average molecular weight is 722 g/mol. The Kier molecular flexibility index (Phi) is 9.16. The number of carbonyl (C=O) groups is 1. The molecular formula is C23H31N7O14P3+. The Hall–Kier alpha value is -2.74. The first-order valence-electron chi connectivity index (χ1n) is 13.9. The van der Waals surface area contributed by atoms with E-state index in [1.807, 2.05) is 0 Å². The van der Waals surface area contributed by atoms with Gasteiger partial charge in [-0.3, -0.25) is 27.5 Å². The number of nitrogen functional groups attached to an aromatic ring is 1. The summed E-state index contributed by atoms with van der Waals surface area (Å²) in [5, 5.41) is 21.1. The van der Waals surface area contributed by atoms with Gasteiger partial charge in [-0.2, -0.15) is 4.57 Å². The molecular weight excluding hydrogens is 691 g/mol. The fourth-order valence-corrected chi connectivity index (χ4v) is 9.55. The van der Waals surface area contributed by atoms with Gasteiger partial charge in [-0.1, -0.05) is 0 Å². The molecule has 0 aromatic carbocycles. The van der Waals surface area contributed by atoms with Gasteiger partial charge in [-0.15, -0.1) is 0 Å². The van der Waals surface area contributed by atoms with Crippen molar-refractivity contribution in [2.45, 2.75) is 49.2 Å². The quantitative estimate of drug-likeness (QED) is 0.108. The third-order valence-corrected chi connectivity index (χ3v) is 12.0. The summed E-state index contributed by atoms with van der Waals surface area (Å²) in [6.45, 7) is -0.309. The van der Waals surface area contributed by atoms with Crippen molar-refractivity contribution in [2.75, 3.05) is 25.6 Å². The average Bonchev–Trinajstić information content (AvgIpc) is 3.72. The van der Waals surface area contributed by atoms with Crippen molar-refractivity contribution < 1.29 is 70.2 Å². The number of phosphoric ester groups is 2. The van der Waals surface area contributed by atoms with Crippen molar-refractivity contribution in [2.24, 2.45) is 11.7 Å². The zero-order valence-corrected chi connectivity index (χ0v) is 27.0. The van der Waals surface area contributed by atoms with Crippen molar-refractivity contribution in [3.05, 3.63) is 42.7 Å². The molecule has 1 saturated carbocycles. The topological polar surface area (TPSA) is 304 Å². The van der Waals surface area contributed by atoms with E-state index < -0.39 is 91.1 Å². The number of hydrogen-bond acceptors (Lipinski definition) is 16. The summed E-state index contributed by atoms with van der Waals surface area (Å²) < 4.78 is 72.4. The second-order valence-corrected chi connectivity index (χ2v) is 16.1. The number of rotatable bonds is 11. The Morgan fingerprint density at radius 1 is 1.17 bits per heavy atom. The number of aromatic nitrogens is 5. The normalized spacial score (nSPS) is 34.7. The van der Waals surface area contributed by atoms with Crippen molar-refractivity contribution in [1.29, 1.82) is 0 Å². The number of pyridine rings is 1. The summed E-state index contributed by atoms with van der Waals surface area (Å²) in [6, 6.07) is 2.29. The van der Waals surface area contributed by atoms with Crippen LogP contribution in [0.3, 0.4) is 0 Å². The first-order chi connectivity index (χ1) is 22.0. The molecule has 47 heavy (non-hydrogen) atoms. The highest BCUT2D eigenvalue weighted by molar-refractivity contribution is 7.64. The molecule has 2 aliphatic heterocycles. The number of aliphatic hydroxyl groups excluding tert-OH is 2. The van der Waals surface area contributed by atoms with Gasteiger partial charge < -0.3 is 40.7 Å². The number of hydrogen-bond donors (Lipinski definition) is 6. The molecule has 3 aromatic rings. The molecule has 6 rings (SSSR count). The molecule has 1 amide bonds. The molecule has 24 heteroatoms. The van der Waals surface area contributed by atoms with Gasteiger partial charge in [0.1, 0.15) is 41.8 Å². The number of nitrogens with two attached hydrogens (primary N) is 2. The van der Waals surface area contributed by atoms with Crippen LogP contribution in [0.15, 0.2) is 37.2 Å². The summed E-state index contributed by atoms with van der Waals surface area (Å²) in [4.78, 5) is 44.0. The van der Waals surface area contributed by atoms with Crippen molar-refractivity contribution >= 4 is 46.1 Å². The van der Waals surface area contributed by atoms with Gasteiger partial charge in [0, 0.05) is 25.1 Å². The maximum absolute atomic E-state index is 13.1. The number of ether oxygens (including phenoxy) is 1. The minimum absolute atomic E-state index is 0.0693. The van der Waals surface area contributed by atoms with E-state index in [2.05, 4.69) is 15.0 Å². The lowest BCUT2D eigenvalue weighted by molar-refractivity contribution is -0.728. The smallest absolute Gasteiger partial charge is 0.390 e. The van der Waals surface area contributed by atoms with Crippen LogP contribution in [-0.2, 0) is 40.8 Å². The Bertz CT molecular complexity index is 1830. The SMILES string of the molecule is CP(=O)(OCC1OC(n2cnc3c(N)ncnc32)C2OP(=O)(O)OC12)OP(=O)(O)OCC1CC([n+]2cccc(C(N)=O)c2)C(O)C1O. The summed E-state index contributed by atoms with van der Waals surface area (Å²) in [7, 11) is -14.0. The highest BCUT2D eigenvalue weighted by Gasteiger charge is 2.58. The van der Waals surface area contributed by atoms with Gasteiger partial charge in [-0.25, -0.2) is 28.4 Å². The molecule has 1 aliphatic carbocycles. The molecule has 8 N–H and O–H groups in total. The molecule has 0 bridgehead atoms. The summed E-state index contributed by atoms with van der Waals surface area (Å²) in [5.74, 6) is -1.48. The predicted octanol–water partition coefficient (Wildman–Crippen LogP) is -0.467. The number of imidazole rings is 1. The minimum Gasteiger partial charge on any atom is -0.390 e. The zero-order valence-electron chi connectivity index (χ0n) is 24.3. The summed E-state index contributed by atoms with van der Waals surface area (Å²) in [6.07, 6.45) is -1.91. The molecule has 3 aliphatic rings. The number of phosphoric acid groups is 2. The van der Waals surface area contributed by atoms with E-state index in [1.54, 1.807) is 6.20 Å². The monoisotopic (exact) mass is 722 g/mol. The molecule has 0 radical (unpaired) electrons. The number of nitrogens with zero attached hydrogens (tertiary/aromatic N) is 5. The van der Waals surface area contributed by atoms with E-state index in [4.69, 9.17) is 38.6 Å². The molecule has 2 saturated heterocycles. The Morgan fingerprint density at radius 2 is 1.91 bits per heavy atom. The van der Waals surface area contributed by atoms with Crippen molar-refractivity contribution in [3.63, 3.8) is 0 Å². The van der Waals surface area contributed by atoms with Crippen LogP contribution in [0.1, 0.15) is 29.0 Å². The molecule has 5 heterocycles. The Morgan fingerprint density at radius 3 is 2.66 bits per heavy atom. The highest BCUT2D eigenvalue weighted by atomic mass is 31.3. The second kappa shape index (κ2) is 12.6. The van der Waals surface area contributed by atoms with Crippen LogP contribution >= 0.6 is 23.2 Å². The van der Waals surface area contributed by atoms with Gasteiger partial charge in [-0.05, 0) is 6.07 Å². The molecule has 21 nitrogen and oxygen atoms in total. The van der Waals surface area contributed by atoms with E-state index in [0.29, 0.717) is 0 Å². The highest BCUT2D eigenvalue weighted by Crippen LogP contribution is 2.62. The van der Waals surface area contributed by atoms with Crippen LogP contribution in [0.25, 0.3) is 11.2 Å². The third kappa shape index (κ3) is 7.04. The molecule has 3 fully saturated rings. The van der Waals surface area contributed by atoms with Crippen molar-refractivity contribution in [3.8, 4) is 0 Å². The van der Waals surface area contributed by atoms with Gasteiger partial charge >= 0.3 is 23.2 Å². The van der Waals surface area contributed by atoms with Crippen LogP contribution in [0.2, 0.25) is 0 Å². The van der Waals surface area contributed by atoms with Crippen LogP contribution in [0.4, 0.5) is 5.82 Å². The first kappa shape index (κ1) is 34.1. The lowest BCUT2D eigenvalue weighted by atomic mass is 10.1. The van der Waals surface area contributed by atoms with Gasteiger partial charge in [0.05, 0.1) is 25.6 Å². The molecule has 256 valence electrons. The summed E-state index contributed by atoms with van der Waals surface area (Å²) in [5.41, 5.74) is 11.8. The fraction of sp³-hybridized carbons (Fsp3) is 0.522. The molecule has 11 atom stereocenters. The predicted molar refractivity (Wildman–Crippen MR) is 154 cm³/mol.